The molecule has 1 N–H and O–H groups in total. The summed E-state index contributed by atoms with van der Waals surface area (Å²) < 4.78 is 39.5. The van der Waals surface area contributed by atoms with Crippen molar-refractivity contribution in [2.75, 3.05) is 26.2 Å². The minimum atomic E-state index is -4.31. The third kappa shape index (κ3) is 5.11. The standard InChI is InChI=1S/C15H20BrF3N2.ClH/c1-2-3-14(21-6-4-20-5-7-21)11-8-12(15(17,18)19)10-13(16)9-11;/h8-10,14,20H,2-7H2,1H3;1H/t14-;/m1./s1. The Labute approximate surface area is 144 Å². The Morgan fingerprint density at radius 2 is 1.86 bits per heavy atom. The first-order valence-corrected chi connectivity index (χ1v) is 8.03. The van der Waals surface area contributed by atoms with E-state index in [1.54, 1.807) is 0 Å². The van der Waals surface area contributed by atoms with Gasteiger partial charge in [0.25, 0.3) is 0 Å². The molecule has 0 saturated carbocycles. The lowest BCUT2D eigenvalue weighted by atomic mass is 9.98. The van der Waals surface area contributed by atoms with Crippen LogP contribution in [0.3, 0.4) is 0 Å². The predicted octanol–water partition coefficient (Wildman–Crippen LogP) is 4.64. The van der Waals surface area contributed by atoms with Gasteiger partial charge in [0.2, 0.25) is 0 Å². The Balaban J connectivity index is 0.00000242. The molecule has 1 heterocycles. The number of nitrogens with one attached hydrogen (secondary N) is 1. The van der Waals surface area contributed by atoms with Crippen LogP contribution in [0.1, 0.15) is 36.9 Å². The second-order valence-corrected chi connectivity index (χ2v) is 6.28. The van der Waals surface area contributed by atoms with Gasteiger partial charge in [-0.15, -0.1) is 12.4 Å². The van der Waals surface area contributed by atoms with Gasteiger partial charge in [-0.05, 0) is 30.2 Å². The van der Waals surface area contributed by atoms with Crippen molar-refractivity contribution in [1.82, 2.24) is 10.2 Å². The van der Waals surface area contributed by atoms with E-state index in [9.17, 15) is 13.2 Å². The molecular weight excluding hydrogens is 381 g/mol. The Morgan fingerprint density at radius 1 is 1.23 bits per heavy atom. The smallest absolute Gasteiger partial charge is 0.314 e. The largest absolute Gasteiger partial charge is 0.416 e. The van der Waals surface area contributed by atoms with Crippen LogP contribution in [0.15, 0.2) is 22.7 Å². The van der Waals surface area contributed by atoms with Crippen LogP contribution in [-0.4, -0.2) is 31.1 Å². The van der Waals surface area contributed by atoms with Gasteiger partial charge in [-0.3, -0.25) is 4.90 Å². The van der Waals surface area contributed by atoms with Gasteiger partial charge in [-0.1, -0.05) is 29.3 Å². The van der Waals surface area contributed by atoms with E-state index in [-0.39, 0.29) is 18.4 Å². The maximum absolute atomic E-state index is 13.0. The van der Waals surface area contributed by atoms with E-state index in [2.05, 4.69) is 33.1 Å². The van der Waals surface area contributed by atoms with Crippen LogP contribution in [-0.2, 0) is 6.18 Å². The molecule has 0 spiro atoms. The van der Waals surface area contributed by atoms with Gasteiger partial charge in [0, 0.05) is 36.7 Å². The molecule has 0 radical (unpaired) electrons. The van der Waals surface area contributed by atoms with E-state index >= 15 is 0 Å². The quantitative estimate of drug-likeness (QED) is 0.791. The van der Waals surface area contributed by atoms with Crippen LogP contribution >= 0.6 is 28.3 Å². The molecule has 1 fully saturated rings. The van der Waals surface area contributed by atoms with E-state index in [4.69, 9.17) is 0 Å². The fourth-order valence-corrected chi connectivity index (χ4v) is 3.31. The molecule has 7 heteroatoms. The summed E-state index contributed by atoms with van der Waals surface area (Å²) in [6.45, 7) is 5.59. The second-order valence-electron chi connectivity index (χ2n) is 5.36. The molecular formula is C15H21BrClF3N2. The highest BCUT2D eigenvalue weighted by Gasteiger charge is 2.32. The summed E-state index contributed by atoms with van der Waals surface area (Å²) in [6, 6.07) is 4.31. The summed E-state index contributed by atoms with van der Waals surface area (Å²) in [4.78, 5) is 2.28. The minimum absolute atomic E-state index is 0. The maximum Gasteiger partial charge on any atom is 0.416 e. The van der Waals surface area contributed by atoms with Crippen molar-refractivity contribution in [2.24, 2.45) is 0 Å². The normalized spacial score (nSPS) is 17.9. The summed E-state index contributed by atoms with van der Waals surface area (Å²) in [6.07, 6.45) is -2.49. The lowest BCUT2D eigenvalue weighted by molar-refractivity contribution is -0.137. The van der Waals surface area contributed by atoms with E-state index in [1.165, 1.54) is 6.07 Å². The zero-order valence-corrected chi connectivity index (χ0v) is 14.8. The van der Waals surface area contributed by atoms with Crippen LogP contribution < -0.4 is 5.32 Å². The molecule has 1 atom stereocenters. The SMILES string of the molecule is CCC[C@H](c1cc(Br)cc(C(F)(F)F)c1)N1CCNCC1.Cl. The van der Waals surface area contributed by atoms with Crippen LogP contribution in [0, 0.1) is 0 Å². The van der Waals surface area contributed by atoms with Gasteiger partial charge in [0.15, 0.2) is 0 Å². The first-order chi connectivity index (χ1) is 9.91. The highest BCUT2D eigenvalue weighted by molar-refractivity contribution is 9.10. The number of piperazine rings is 1. The topological polar surface area (TPSA) is 15.3 Å². The van der Waals surface area contributed by atoms with Crippen LogP contribution in [0.2, 0.25) is 0 Å². The molecule has 1 aliphatic heterocycles. The fourth-order valence-electron chi connectivity index (χ4n) is 2.80. The zero-order valence-electron chi connectivity index (χ0n) is 12.4. The van der Waals surface area contributed by atoms with Gasteiger partial charge in [0.05, 0.1) is 5.56 Å². The number of hydrogen-bond donors (Lipinski definition) is 1. The highest BCUT2D eigenvalue weighted by atomic mass is 79.9. The van der Waals surface area contributed by atoms with E-state index in [1.807, 2.05) is 6.07 Å². The number of rotatable bonds is 4. The maximum atomic E-state index is 13.0. The van der Waals surface area contributed by atoms with Gasteiger partial charge in [0.1, 0.15) is 0 Å². The molecule has 22 heavy (non-hydrogen) atoms. The zero-order chi connectivity index (χ0) is 15.5. The average molecular weight is 402 g/mol. The van der Waals surface area contributed by atoms with Crippen molar-refractivity contribution in [3.05, 3.63) is 33.8 Å². The Hall–Kier alpha value is -0.300. The van der Waals surface area contributed by atoms with Crippen LogP contribution in [0.25, 0.3) is 0 Å². The summed E-state index contributed by atoms with van der Waals surface area (Å²) >= 11 is 3.22. The van der Waals surface area contributed by atoms with Crippen molar-refractivity contribution >= 4 is 28.3 Å². The summed E-state index contributed by atoms with van der Waals surface area (Å²) in [5, 5.41) is 3.28. The minimum Gasteiger partial charge on any atom is -0.314 e. The van der Waals surface area contributed by atoms with Gasteiger partial charge in [-0.25, -0.2) is 0 Å². The molecule has 2 rings (SSSR count). The molecule has 0 aromatic heterocycles. The van der Waals surface area contributed by atoms with Crippen molar-refractivity contribution < 1.29 is 13.2 Å². The van der Waals surface area contributed by atoms with Gasteiger partial charge in [-0.2, -0.15) is 13.2 Å². The number of alkyl halides is 3. The number of halogens is 5. The van der Waals surface area contributed by atoms with Crippen LogP contribution in [0.5, 0.6) is 0 Å². The van der Waals surface area contributed by atoms with E-state index in [0.29, 0.717) is 4.47 Å². The molecule has 0 amide bonds. The first kappa shape index (κ1) is 19.7. The van der Waals surface area contributed by atoms with Crippen molar-refractivity contribution in [3.8, 4) is 0 Å². The molecule has 0 aliphatic carbocycles. The molecule has 2 nitrogen and oxygen atoms in total. The second kappa shape index (κ2) is 8.52. The van der Waals surface area contributed by atoms with Crippen LogP contribution in [0.4, 0.5) is 13.2 Å². The lowest BCUT2D eigenvalue weighted by Gasteiger charge is -2.35. The van der Waals surface area contributed by atoms with Crippen molar-refractivity contribution in [3.63, 3.8) is 0 Å². The molecule has 1 aromatic carbocycles. The highest BCUT2D eigenvalue weighted by Crippen LogP contribution is 2.35. The predicted molar refractivity (Wildman–Crippen MR) is 88.5 cm³/mol. The molecule has 1 saturated heterocycles. The molecule has 0 bridgehead atoms. The third-order valence-corrected chi connectivity index (χ3v) is 4.24. The Kier molecular flexibility index (Phi) is 7.65. The number of nitrogens with zero attached hydrogens (tertiary/aromatic N) is 1. The number of benzene rings is 1. The lowest BCUT2D eigenvalue weighted by Crippen LogP contribution is -2.45. The number of hydrogen-bond acceptors (Lipinski definition) is 2. The monoisotopic (exact) mass is 400 g/mol. The Bertz CT molecular complexity index is 476. The molecule has 126 valence electrons. The van der Waals surface area contributed by atoms with Gasteiger partial charge < -0.3 is 5.32 Å². The van der Waals surface area contributed by atoms with E-state index in [0.717, 1.165) is 50.7 Å². The average Bonchev–Trinajstić information content (AvgIpc) is 2.44. The summed E-state index contributed by atoms with van der Waals surface area (Å²) in [5.41, 5.74) is 0.170. The Morgan fingerprint density at radius 3 is 2.41 bits per heavy atom. The first-order valence-electron chi connectivity index (χ1n) is 7.24. The van der Waals surface area contributed by atoms with Crippen molar-refractivity contribution in [2.45, 2.75) is 32.0 Å². The summed E-state index contributed by atoms with van der Waals surface area (Å²) in [7, 11) is 0. The van der Waals surface area contributed by atoms with E-state index < -0.39 is 11.7 Å². The summed E-state index contributed by atoms with van der Waals surface area (Å²) in [5.74, 6) is 0. The van der Waals surface area contributed by atoms with Gasteiger partial charge >= 0.3 is 6.18 Å². The third-order valence-electron chi connectivity index (χ3n) is 3.79. The molecule has 0 unspecified atom stereocenters. The van der Waals surface area contributed by atoms with Crippen molar-refractivity contribution in [1.29, 1.82) is 0 Å². The molecule has 1 aromatic rings. The molecule has 1 aliphatic rings. The fraction of sp³-hybridized carbons (Fsp3) is 0.600.